The maximum atomic E-state index is 12.2. The van der Waals surface area contributed by atoms with Crippen molar-refractivity contribution in [1.82, 2.24) is 25.1 Å². The maximum absolute atomic E-state index is 12.2. The molecule has 1 saturated heterocycles. The number of nitrogens with one attached hydrogen (secondary N) is 1. The van der Waals surface area contributed by atoms with Gasteiger partial charge in [-0.15, -0.1) is 5.10 Å². The van der Waals surface area contributed by atoms with E-state index in [0.29, 0.717) is 24.2 Å². The minimum atomic E-state index is 0.302. The number of nitrogens with zero attached hydrogens (tertiary/aromatic N) is 5. The number of carbonyl (C=O) groups excluding carboxylic acids is 1. The monoisotopic (exact) mass is 356 g/mol. The molecule has 2 aromatic rings. The lowest BCUT2D eigenvalue weighted by molar-refractivity contribution is -0.133. The smallest absolute Gasteiger partial charge is 0.222 e. The van der Waals surface area contributed by atoms with E-state index in [1.54, 1.807) is 11.0 Å². The van der Waals surface area contributed by atoms with E-state index in [0.717, 1.165) is 43.9 Å². The molecule has 1 aliphatic rings. The van der Waals surface area contributed by atoms with Crippen LogP contribution in [0.25, 0.3) is 5.69 Å². The second-order valence-electron chi connectivity index (χ2n) is 7.56. The van der Waals surface area contributed by atoms with Gasteiger partial charge in [0.05, 0.1) is 5.69 Å². The van der Waals surface area contributed by atoms with E-state index >= 15 is 0 Å². The molecule has 0 spiro atoms. The van der Waals surface area contributed by atoms with Crippen molar-refractivity contribution in [2.45, 2.75) is 40.0 Å². The van der Waals surface area contributed by atoms with Gasteiger partial charge in [0, 0.05) is 31.7 Å². The summed E-state index contributed by atoms with van der Waals surface area (Å²) in [6.45, 7) is 8.97. The van der Waals surface area contributed by atoms with Crippen molar-refractivity contribution in [1.29, 1.82) is 0 Å². The Bertz CT molecular complexity index is 720. The molecule has 140 valence electrons. The molecule has 7 heteroatoms. The molecule has 0 unspecified atom stereocenters. The number of anilines is 1. The van der Waals surface area contributed by atoms with E-state index in [2.05, 4.69) is 53.7 Å². The van der Waals surface area contributed by atoms with Crippen LogP contribution in [-0.4, -0.2) is 50.6 Å². The fourth-order valence-electron chi connectivity index (χ4n) is 3.34. The third-order valence-corrected chi connectivity index (χ3v) is 4.97. The van der Waals surface area contributed by atoms with Crippen molar-refractivity contribution in [2.75, 3.05) is 25.0 Å². The van der Waals surface area contributed by atoms with Gasteiger partial charge in [-0.05, 0) is 59.7 Å². The summed E-state index contributed by atoms with van der Waals surface area (Å²) in [4.78, 5) is 14.2. The molecule has 7 nitrogen and oxygen atoms in total. The van der Waals surface area contributed by atoms with E-state index in [4.69, 9.17) is 0 Å². The minimum Gasteiger partial charge on any atom is -0.384 e. The molecule has 1 aliphatic heterocycles. The van der Waals surface area contributed by atoms with Crippen molar-refractivity contribution in [3.05, 3.63) is 30.1 Å². The molecule has 1 fully saturated rings. The Morgan fingerprint density at radius 2 is 2.08 bits per heavy atom. The molecule has 2 heterocycles. The molecule has 0 bridgehead atoms. The SMILES string of the molecule is Cc1ccc(-n2cnnn2)cc1NCC1CCN(C(=O)CC(C)C)CC1. The van der Waals surface area contributed by atoms with Gasteiger partial charge in [-0.1, -0.05) is 19.9 Å². The summed E-state index contributed by atoms with van der Waals surface area (Å²) in [6.07, 6.45) is 4.37. The van der Waals surface area contributed by atoms with Gasteiger partial charge in [0.1, 0.15) is 6.33 Å². The minimum absolute atomic E-state index is 0.302. The molecule has 0 saturated carbocycles. The molecule has 1 aromatic carbocycles. The molecule has 0 radical (unpaired) electrons. The average molecular weight is 356 g/mol. The highest BCUT2D eigenvalue weighted by molar-refractivity contribution is 5.76. The Kier molecular flexibility index (Phi) is 5.85. The summed E-state index contributed by atoms with van der Waals surface area (Å²) >= 11 is 0. The average Bonchev–Trinajstić information content (AvgIpc) is 3.15. The first kappa shape index (κ1) is 18.4. The number of tetrazole rings is 1. The number of hydrogen-bond donors (Lipinski definition) is 1. The summed E-state index contributed by atoms with van der Waals surface area (Å²) in [6, 6.07) is 6.16. The van der Waals surface area contributed by atoms with Crippen molar-refractivity contribution < 1.29 is 4.79 Å². The van der Waals surface area contributed by atoms with Gasteiger partial charge in [-0.2, -0.15) is 0 Å². The number of benzene rings is 1. The van der Waals surface area contributed by atoms with Gasteiger partial charge < -0.3 is 10.2 Å². The number of rotatable bonds is 6. The summed E-state index contributed by atoms with van der Waals surface area (Å²) in [5, 5.41) is 14.9. The number of amides is 1. The molecule has 1 amide bonds. The van der Waals surface area contributed by atoms with E-state index in [1.807, 2.05) is 11.0 Å². The van der Waals surface area contributed by atoms with Gasteiger partial charge in [-0.3, -0.25) is 4.79 Å². The fraction of sp³-hybridized carbons (Fsp3) is 0.579. The lowest BCUT2D eigenvalue weighted by Crippen LogP contribution is -2.40. The highest BCUT2D eigenvalue weighted by atomic mass is 16.2. The van der Waals surface area contributed by atoms with Crippen molar-refractivity contribution in [3.8, 4) is 5.69 Å². The molecule has 0 atom stereocenters. The van der Waals surface area contributed by atoms with Gasteiger partial charge >= 0.3 is 0 Å². The second kappa shape index (κ2) is 8.29. The van der Waals surface area contributed by atoms with Crippen LogP contribution < -0.4 is 5.32 Å². The van der Waals surface area contributed by atoms with Crippen LogP contribution in [0.2, 0.25) is 0 Å². The van der Waals surface area contributed by atoms with Crippen LogP contribution in [0.3, 0.4) is 0 Å². The molecule has 26 heavy (non-hydrogen) atoms. The molecule has 0 aliphatic carbocycles. The van der Waals surface area contributed by atoms with Crippen molar-refractivity contribution in [2.24, 2.45) is 11.8 Å². The first-order chi connectivity index (χ1) is 12.5. The van der Waals surface area contributed by atoms with Crippen LogP contribution in [0.4, 0.5) is 5.69 Å². The Hall–Kier alpha value is -2.44. The largest absolute Gasteiger partial charge is 0.384 e. The van der Waals surface area contributed by atoms with Crippen LogP contribution in [-0.2, 0) is 4.79 Å². The Balaban J connectivity index is 1.52. The quantitative estimate of drug-likeness (QED) is 0.861. The first-order valence-electron chi connectivity index (χ1n) is 9.38. The zero-order chi connectivity index (χ0) is 18.5. The molecule has 3 rings (SSSR count). The number of aryl methyl sites for hydroxylation is 1. The van der Waals surface area contributed by atoms with Crippen molar-refractivity contribution >= 4 is 11.6 Å². The Morgan fingerprint density at radius 3 is 2.73 bits per heavy atom. The molecular weight excluding hydrogens is 328 g/mol. The van der Waals surface area contributed by atoms with E-state index in [9.17, 15) is 4.79 Å². The number of piperidine rings is 1. The molecule has 1 N–H and O–H groups in total. The van der Waals surface area contributed by atoms with Crippen molar-refractivity contribution in [3.63, 3.8) is 0 Å². The topological polar surface area (TPSA) is 75.9 Å². The summed E-state index contributed by atoms with van der Waals surface area (Å²) in [5.74, 6) is 1.32. The Morgan fingerprint density at radius 1 is 1.31 bits per heavy atom. The Labute approximate surface area is 154 Å². The number of likely N-dealkylation sites (tertiary alicyclic amines) is 1. The predicted molar refractivity (Wildman–Crippen MR) is 101 cm³/mol. The van der Waals surface area contributed by atoms with Crippen LogP contribution in [0.1, 0.15) is 38.7 Å². The lowest BCUT2D eigenvalue weighted by Gasteiger charge is -2.32. The zero-order valence-corrected chi connectivity index (χ0v) is 15.9. The van der Waals surface area contributed by atoms with Crippen LogP contribution in [0.5, 0.6) is 0 Å². The third kappa shape index (κ3) is 4.59. The maximum Gasteiger partial charge on any atom is 0.222 e. The van der Waals surface area contributed by atoms with Gasteiger partial charge in [0.25, 0.3) is 0 Å². The van der Waals surface area contributed by atoms with Gasteiger partial charge in [-0.25, -0.2) is 4.68 Å². The summed E-state index contributed by atoms with van der Waals surface area (Å²) in [5.41, 5.74) is 3.25. The number of carbonyl (C=O) groups is 1. The normalized spacial score (nSPS) is 15.5. The summed E-state index contributed by atoms with van der Waals surface area (Å²) < 4.78 is 1.66. The predicted octanol–water partition coefficient (Wildman–Crippen LogP) is 2.67. The highest BCUT2D eigenvalue weighted by Crippen LogP contribution is 2.23. The first-order valence-corrected chi connectivity index (χ1v) is 9.38. The van der Waals surface area contributed by atoms with E-state index in [1.165, 1.54) is 5.56 Å². The van der Waals surface area contributed by atoms with E-state index in [-0.39, 0.29) is 0 Å². The van der Waals surface area contributed by atoms with Gasteiger partial charge in [0.15, 0.2) is 0 Å². The van der Waals surface area contributed by atoms with Crippen LogP contribution in [0.15, 0.2) is 24.5 Å². The zero-order valence-electron chi connectivity index (χ0n) is 15.9. The molecular formula is C19H28N6O. The molecule has 1 aromatic heterocycles. The van der Waals surface area contributed by atoms with Crippen LogP contribution >= 0.6 is 0 Å². The standard InChI is InChI=1S/C19H28N6O/c1-14(2)10-19(26)24-8-6-16(7-9-24)12-20-18-11-17(5-4-15(18)3)25-13-21-22-23-25/h4-5,11,13-14,16,20H,6-10,12H2,1-3H3. The fourth-order valence-corrected chi connectivity index (χ4v) is 3.34. The highest BCUT2D eigenvalue weighted by Gasteiger charge is 2.23. The van der Waals surface area contributed by atoms with Crippen LogP contribution in [0, 0.1) is 18.8 Å². The summed E-state index contributed by atoms with van der Waals surface area (Å²) in [7, 11) is 0. The lowest BCUT2D eigenvalue weighted by atomic mass is 9.96. The second-order valence-corrected chi connectivity index (χ2v) is 7.56. The third-order valence-electron chi connectivity index (χ3n) is 4.97. The number of hydrogen-bond acceptors (Lipinski definition) is 5. The van der Waals surface area contributed by atoms with E-state index < -0.39 is 0 Å². The number of aromatic nitrogens is 4. The van der Waals surface area contributed by atoms with Gasteiger partial charge in [0.2, 0.25) is 5.91 Å².